The Morgan fingerprint density at radius 3 is 0.898 bits per heavy atom. The molecule has 296 valence electrons. The minimum absolute atomic E-state index is 0. The van der Waals surface area contributed by atoms with Crippen LogP contribution in [0.4, 0.5) is 0 Å². The van der Waals surface area contributed by atoms with Gasteiger partial charge in [0.2, 0.25) is 0 Å². The lowest BCUT2D eigenvalue weighted by Crippen LogP contribution is -3.00. The maximum absolute atomic E-state index is 6.67. The standard InChI is InChI=1S/C43H88N2O2.2HI/c1-5-7-9-11-13-15-17-19-21-23-25-31-37-46-41-43(39-44(3)33-27-28-34-44,40-45(4)35-29-30-36-45)42-47-38-32-26-24-22-20-18-16-14-12-10-8-6-2;;/h5-42H2,1-4H3;2*1H/q+2;;/p-2. The van der Waals surface area contributed by atoms with Crippen molar-refractivity contribution in [1.29, 1.82) is 0 Å². The summed E-state index contributed by atoms with van der Waals surface area (Å²) in [7, 11) is 5.06. The molecule has 0 aromatic heterocycles. The minimum atomic E-state index is 0. The predicted molar refractivity (Wildman–Crippen MR) is 206 cm³/mol. The van der Waals surface area contributed by atoms with Crippen LogP contribution < -0.4 is 48.0 Å². The van der Waals surface area contributed by atoms with E-state index in [4.69, 9.17) is 9.47 Å². The summed E-state index contributed by atoms with van der Waals surface area (Å²) in [5.41, 5.74) is 0.131. The third-order valence-electron chi connectivity index (χ3n) is 11.8. The van der Waals surface area contributed by atoms with Gasteiger partial charge in [0.15, 0.2) is 0 Å². The second kappa shape index (κ2) is 32.7. The Hall–Kier alpha value is 1.30. The molecule has 0 aliphatic carbocycles. The van der Waals surface area contributed by atoms with Gasteiger partial charge in [-0.15, -0.1) is 0 Å². The van der Waals surface area contributed by atoms with Gasteiger partial charge in [0.25, 0.3) is 0 Å². The molecule has 6 heteroatoms. The smallest absolute Gasteiger partial charge is 0.115 e. The Morgan fingerprint density at radius 1 is 0.388 bits per heavy atom. The fourth-order valence-electron chi connectivity index (χ4n) is 9.08. The highest BCUT2D eigenvalue weighted by Gasteiger charge is 2.47. The molecule has 0 N–H and O–H groups in total. The van der Waals surface area contributed by atoms with E-state index < -0.39 is 0 Å². The van der Waals surface area contributed by atoms with Crippen molar-refractivity contribution >= 4 is 0 Å². The van der Waals surface area contributed by atoms with Gasteiger partial charge in [-0.3, -0.25) is 0 Å². The van der Waals surface area contributed by atoms with Crippen LogP contribution in [0.2, 0.25) is 0 Å². The first-order valence-electron chi connectivity index (χ1n) is 21.8. The monoisotopic (exact) mass is 918 g/mol. The van der Waals surface area contributed by atoms with Crippen LogP contribution in [-0.4, -0.2) is 88.8 Å². The van der Waals surface area contributed by atoms with Crippen LogP contribution in [0, 0.1) is 5.41 Å². The molecule has 0 unspecified atom stereocenters. The average molecular weight is 919 g/mol. The summed E-state index contributed by atoms with van der Waals surface area (Å²) in [4.78, 5) is 0. The van der Waals surface area contributed by atoms with Crippen LogP contribution in [0.15, 0.2) is 0 Å². The Balaban J connectivity index is 0.0000115. The Kier molecular flexibility index (Phi) is 33.6. The molecule has 2 aliphatic rings. The van der Waals surface area contributed by atoms with Crippen molar-refractivity contribution in [1.82, 2.24) is 0 Å². The fraction of sp³-hybridized carbons (Fsp3) is 1.00. The van der Waals surface area contributed by atoms with Crippen molar-refractivity contribution in [3.8, 4) is 0 Å². The van der Waals surface area contributed by atoms with Crippen LogP contribution in [0.3, 0.4) is 0 Å². The van der Waals surface area contributed by atoms with Crippen LogP contribution in [0.1, 0.15) is 194 Å². The highest BCUT2D eigenvalue weighted by Crippen LogP contribution is 2.33. The van der Waals surface area contributed by atoms with E-state index in [0.29, 0.717) is 0 Å². The lowest BCUT2D eigenvalue weighted by molar-refractivity contribution is -0.928. The van der Waals surface area contributed by atoms with Gasteiger partial charge in [0.1, 0.15) is 5.41 Å². The first kappa shape index (κ1) is 50.3. The molecule has 4 nitrogen and oxygen atoms in total. The van der Waals surface area contributed by atoms with Gasteiger partial charge in [-0.25, -0.2) is 0 Å². The lowest BCUT2D eigenvalue weighted by Gasteiger charge is -2.45. The average Bonchev–Trinajstić information content (AvgIpc) is 3.68. The molecular formula is C43H88I2N2O2. The molecule has 2 rings (SSSR count). The van der Waals surface area contributed by atoms with E-state index in [2.05, 4.69) is 27.9 Å². The highest BCUT2D eigenvalue weighted by molar-refractivity contribution is 4.82. The number of hydrogen-bond donors (Lipinski definition) is 0. The zero-order valence-corrected chi connectivity index (χ0v) is 38.2. The molecule has 0 bridgehead atoms. The Labute approximate surface area is 343 Å². The molecule has 0 aromatic carbocycles. The van der Waals surface area contributed by atoms with E-state index in [1.54, 1.807) is 0 Å². The summed E-state index contributed by atoms with van der Waals surface area (Å²) in [6.45, 7) is 16.1. The van der Waals surface area contributed by atoms with E-state index in [0.717, 1.165) is 26.4 Å². The summed E-state index contributed by atoms with van der Waals surface area (Å²) in [5, 5.41) is 0. The number of hydrogen-bond acceptors (Lipinski definition) is 2. The van der Waals surface area contributed by atoms with E-state index in [9.17, 15) is 0 Å². The van der Waals surface area contributed by atoms with Crippen molar-refractivity contribution < 1.29 is 66.4 Å². The highest BCUT2D eigenvalue weighted by atomic mass is 127. The molecule has 0 amide bonds. The molecule has 0 aromatic rings. The minimum Gasteiger partial charge on any atom is -1.00 e. The molecule has 2 saturated heterocycles. The van der Waals surface area contributed by atoms with Crippen molar-refractivity contribution in [3.05, 3.63) is 0 Å². The van der Waals surface area contributed by atoms with Gasteiger partial charge in [-0.2, -0.15) is 0 Å². The van der Waals surface area contributed by atoms with E-state index >= 15 is 0 Å². The van der Waals surface area contributed by atoms with Crippen molar-refractivity contribution in [2.45, 2.75) is 194 Å². The first-order chi connectivity index (χ1) is 22.9. The van der Waals surface area contributed by atoms with Crippen molar-refractivity contribution in [3.63, 3.8) is 0 Å². The number of likely N-dealkylation sites (tertiary alicyclic amines) is 2. The van der Waals surface area contributed by atoms with Crippen LogP contribution in [0.25, 0.3) is 0 Å². The van der Waals surface area contributed by atoms with E-state index in [1.807, 2.05) is 0 Å². The number of ether oxygens (including phenoxy) is 2. The second-order valence-electron chi connectivity index (χ2n) is 17.2. The van der Waals surface area contributed by atoms with Gasteiger partial charge >= 0.3 is 0 Å². The third-order valence-corrected chi connectivity index (χ3v) is 11.8. The molecule has 0 atom stereocenters. The normalized spacial score (nSPS) is 16.9. The second-order valence-corrected chi connectivity index (χ2v) is 17.2. The van der Waals surface area contributed by atoms with Crippen molar-refractivity contribution in [2.75, 3.05) is 79.8 Å². The number of halogens is 2. The van der Waals surface area contributed by atoms with Crippen molar-refractivity contribution in [2.24, 2.45) is 5.41 Å². The SMILES string of the molecule is CCCCCCCCCCCCCCOCC(COCCCCCCCCCCCCCC)(C[N+]1(C)CCCC1)C[N+]1(C)CCCC1.[I-].[I-]. The molecule has 2 fully saturated rings. The third kappa shape index (κ3) is 25.9. The van der Waals surface area contributed by atoms with Gasteiger partial charge in [-0.05, 0) is 12.8 Å². The van der Waals surface area contributed by atoms with E-state index in [1.165, 1.54) is 228 Å². The first-order valence-corrected chi connectivity index (χ1v) is 21.8. The summed E-state index contributed by atoms with van der Waals surface area (Å²) in [5.74, 6) is 0. The molecular weight excluding hydrogens is 830 g/mol. The number of rotatable bonds is 34. The van der Waals surface area contributed by atoms with Crippen LogP contribution in [0.5, 0.6) is 0 Å². The molecule has 0 saturated carbocycles. The summed E-state index contributed by atoms with van der Waals surface area (Å²) >= 11 is 0. The fourth-order valence-corrected chi connectivity index (χ4v) is 9.08. The maximum atomic E-state index is 6.67. The molecule has 0 spiro atoms. The maximum Gasteiger partial charge on any atom is 0.115 e. The summed E-state index contributed by atoms with van der Waals surface area (Å²) < 4.78 is 15.8. The molecule has 49 heavy (non-hydrogen) atoms. The van der Waals surface area contributed by atoms with Gasteiger partial charge in [-0.1, -0.05) is 155 Å². The summed E-state index contributed by atoms with van der Waals surface area (Å²) in [6, 6.07) is 0. The summed E-state index contributed by atoms with van der Waals surface area (Å²) in [6.07, 6.45) is 39.2. The quantitative estimate of drug-likeness (QED) is 0.0456. The van der Waals surface area contributed by atoms with Crippen LogP contribution >= 0.6 is 0 Å². The van der Waals surface area contributed by atoms with Crippen LogP contribution in [-0.2, 0) is 9.47 Å². The number of nitrogens with zero attached hydrogens (tertiary/aromatic N) is 2. The van der Waals surface area contributed by atoms with Gasteiger partial charge in [0, 0.05) is 38.9 Å². The molecule has 0 radical (unpaired) electrons. The Morgan fingerprint density at radius 2 is 0.633 bits per heavy atom. The lowest BCUT2D eigenvalue weighted by atomic mass is 9.86. The molecule has 2 heterocycles. The zero-order valence-electron chi connectivity index (χ0n) is 33.8. The van der Waals surface area contributed by atoms with Gasteiger partial charge in [0.05, 0.1) is 66.6 Å². The predicted octanol–water partition coefficient (Wildman–Crippen LogP) is 5.90. The van der Waals surface area contributed by atoms with Gasteiger partial charge < -0.3 is 66.4 Å². The number of unbranched alkanes of at least 4 members (excludes halogenated alkanes) is 22. The largest absolute Gasteiger partial charge is 1.00 e. The zero-order chi connectivity index (χ0) is 33.8. The molecule has 2 aliphatic heterocycles. The topological polar surface area (TPSA) is 18.5 Å². The Bertz CT molecular complexity index is 639. The van der Waals surface area contributed by atoms with E-state index in [-0.39, 0.29) is 53.4 Å². The number of quaternary nitrogens is 2.